The molecule has 0 spiro atoms. The van der Waals surface area contributed by atoms with Crippen molar-refractivity contribution >= 4 is 12.4 Å². The van der Waals surface area contributed by atoms with Gasteiger partial charge in [0.2, 0.25) is 0 Å². The van der Waals surface area contributed by atoms with Gasteiger partial charge in [-0.2, -0.15) is 0 Å². The number of aromatic nitrogens is 1. The molecule has 0 radical (unpaired) electrons. The van der Waals surface area contributed by atoms with Crippen molar-refractivity contribution in [3.8, 4) is 11.1 Å². The number of nitrogens with zero attached hydrogens (tertiary/aromatic N) is 1. The van der Waals surface area contributed by atoms with E-state index in [0.717, 1.165) is 0 Å². The van der Waals surface area contributed by atoms with Crippen molar-refractivity contribution in [2.45, 2.75) is 59.3 Å². The summed E-state index contributed by atoms with van der Waals surface area (Å²) in [5, 5.41) is 7.08. The van der Waals surface area contributed by atoms with E-state index in [-0.39, 0.29) is 24.1 Å². The first kappa shape index (κ1) is 19.6. The van der Waals surface area contributed by atoms with Crippen molar-refractivity contribution in [2.75, 3.05) is 0 Å². The standard InChI is InChI=1S/C21H29N3.ClH/c1-14-13-15(2)23-20(22-14)24-12-11-19(16(24)3)17-7-9-18(10-8-17)21(4,5)6;/h7-14,20,22-23H,1-6H3;1H. The van der Waals surface area contributed by atoms with E-state index < -0.39 is 0 Å². The maximum absolute atomic E-state index is 3.57. The molecular formula is C21H30ClN3. The highest BCUT2D eigenvalue weighted by Crippen LogP contribution is 2.29. The fraction of sp³-hybridized carbons (Fsp3) is 0.429. The molecule has 2 unspecified atom stereocenters. The second kappa shape index (κ2) is 7.27. The molecule has 0 fully saturated rings. The van der Waals surface area contributed by atoms with E-state index in [1.54, 1.807) is 0 Å². The summed E-state index contributed by atoms with van der Waals surface area (Å²) in [6.45, 7) is 13.2. The van der Waals surface area contributed by atoms with Crippen LogP contribution in [0.15, 0.2) is 48.3 Å². The molecule has 0 saturated carbocycles. The minimum Gasteiger partial charge on any atom is -0.357 e. The summed E-state index contributed by atoms with van der Waals surface area (Å²) in [4.78, 5) is 0. The highest BCUT2D eigenvalue weighted by molar-refractivity contribution is 5.85. The number of hydrogen-bond donors (Lipinski definition) is 2. The molecule has 136 valence electrons. The number of halogens is 1. The van der Waals surface area contributed by atoms with Gasteiger partial charge < -0.3 is 9.88 Å². The van der Waals surface area contributed by atoms with E-state index >= 15 is 0 Å². The summed E-state index contributed by atoms with van der Waals surface area (Å²) in [7, 11) is 0. The van der Waals surface area contributed by atoms with Gasteiger partial charge in [0, 0.05) is 29.2 Å². The molecule has 2 heterocycles. The second-order valence-corrected chi connectivity index (χ2v) is 7.90. The Labute approximate surface area is 157 Å². The first-order valence-electron chi connectivity index (χ1n) is 8.75. The van der Waals surface area contributed by atoms with Gasteiger partial charge in [-0.05, 0) is 49.5 Å². The lowest BCUT2D eigenvalue weighted by Gasteiger charge is -2.31. The Morgan fingerprint density at radius 3 is 2.20 bits per heavy atom. The first-order chi connectivity index (χ1) is 11.3. The smallest absolute Gasteiger partial charge is 0.159 e. The van der Waals surface area contributed by atoms with Gasteiger partial charge in [0.25, 0.3) is 0 Å². The SMILES string of the molecule is CC1=CC(C)NC(n2ccc(-c3ccc(C(C)(C)C)cc3)c2C)N1.Cl. The third kappa shape index (κ3) is 4.10. The normalized spacial score (nSPS) is 20.5. The van der Waals surface area contributed by atoms with Crippen LogP contribution in [0.3, 0.4) is 0 Å². The quantitative estimate of drug-likeness (QED) is 0.778. The average Bonchev–Trinajstić information content (AvgIpc) is 2.87. The third-order valence-corrected chi connectivity index (χ3v) is 4.80. The van der Waals surface area contributed by atoms with Crippen LogP contribution in [0.1, 0.15) is 52.2 Å². The molecule has 1 aromatic carbocycles. The van der Waals surface area contributed by atoms with E-state index in [2.05, 4.69) is 99.3 Å². The van der Waals surface area contributed by atoms with Crippen LogP contribution in [0, 0.1) is 6.92 Å². The van der Waals surface area contributed by atoms with Gasteiger partial charge in [-0.25, -0.2) is 0 Å². The molecule has 0 bridgehead atoms. The van der Waals surface area contributed by atoms with E-state index in [4.69, 9.17) is 0 Å². The van der Waals surface area contributed by atoms with Crippen LogP contribution in [0.25, 0.3) is 11.1 Å². The van der Waals surface area contributed by atoms with Crippen molar-refractivity contribution in [2.24, 2.45) is 0 Å². The Kier molecular flexibility index (Phi) is 5.70. The molecule has 1 aliphatic heterocycles. The maximum Gasteiger partial charge on any atom is 0.159 e. The molecule has 0 saturated heterocycles. The molecule has 0 amide bonds. The Bertz CT molecular complexity index is 750. The van der Waals surface area contributed by atoms with Crippen LogP contribution in [0.4, 0.5) is 0 Å². The molecule has 2 atom stereocenters. The zero-order valence-corrected chi connectivity index (χ0v) is 16.9. The fourth-order valence-corrected chi connectivity index (χ4v) is 3.39. The van der Waals surface area contributed by atoms with Gasteiger partial charge in [0.05, 0.1) is 0 Å². The average molecular weight is 360 g/mol. The number of rotatable bonds is 2. The summed E-state index contributed by atoms with van der Waals surface area (Å²) in [6.07, 6.45) is 4.48. The van der Waals surface area contributed by atoms with Crippen molar-refractivity contribution in [3.63, 3.8) is 0 Å². The number of benzene rings is 1. The zero-order chi connectivity index (χ0) is 17.5. The van der Waals surface area contributed by atoms with Gasteiger partial charge >= 0.3 is 0 Å². The van der Waals surface area contributed by atoms with Gasteiger partial charge in [-0.15, -0.1) is 12.4 Å². The zero-order valence-electron chi connectivity index (χ0n) is 16.1. The summed E-state index contributed by atoms with van der Waals surface area (Å²) < 4.78 is 2.28. The van der Waals surface area contributed by atoms with Gasteiger partial charge in [-0.1, -0.05) is 45.0 Å². The molecule has 25 heavy (non-hydrogen) atoms. The van der Waals surface area contributed by atoms with Crippen molar-refractivity contribution in [1.82, 2.24) is 15.2 Å². The predicted octanol–water partition coefficient (Wildman–Crippen LogP) is 5.12. The van der Waals surface area contributed by atoms with E-state index in [1.165, 1.54) is 28.1 Å². The number of allylic oxidation sites excluding steroid dienone is 1. The molecule has 2 N–H and O–H groups in total. The Morgan fingerprint density at radius 1 is 1.00 bits per heavy atom. The molecule has 3 rings (SSSR count). The van der Waals surface area contributed by atoms with Crippen LogP contribution in [-0.2, 0) is 5.41 Å². The van der Waals surface area contributed by atoms with Crippen molar-refractivity contribution in [3.05, 3.63) is 59.6 Å². The van der Waals surface area contributed by atoms with Gasteiger partial charge in [0.1, 0.15) is 0 Å². The van der Waals surface area contributed by atoms with Crippen LogP contribution in [0.5, 0.6) is 0 Å². The van der Waals surface area contributed by atoms with Gasteiger partial charge in [0.15, 0.2) is 6.29 Å². The molecular weight excluding hydrogens is 330 g/mol. The lowest BCUT2D eigenvalue weighted by Crippen LogP contribution is -2.45. The molecule has 0 aliphatic carbocycles. The van der Waals surface area contributed by atoms with Crippen LogP contribution >= 0.6 is 12.4 Å². The van der Waals surface area contributed by atoms with Crippen LogP contribution in [0.2, 0.25) is 0 Å². The highest BCUT2D eigenvalue weighted by atomic mass is 35.5. The lowest BCUT2D eigenvalue weighted by molar-refractivity contribution is 0.317. The predicted molar refractivity (Wildman–Crippen MR) is 109 cm³/mol. The molecule has 4 heteroatoms. The van der Waals surface area contributed by atoms with Gasteiger partial charge in [-0.3, -0.25) is 5.32 Å². The summed E-state index contributed by atoms with van der Waals surface area (Å²) in [5.74, 6) is 0. The van der Waals surface area contributed by atoms with Crippen LogP contribution in [-0.4, -0.2) is 10.6 Å². The van der Waals surface area contributed by atoms with E-state index in [0.29, 0.717) is 6.04 Å². The Balaban J connectivity index is 0.00000225. The van der Waals surface area contributed by atoms with E-state index in [9.17, 15) is 0 Å². The number of hydrogen-bond acceptors (Lipinski definition) is 2. The molecule has 1 aromatic heterocycles. The highest BCUT2D eigenvalue weighted by Gasteiger charge is 2.20. The summed E-state index contributed by atoms with van der Waals surface area (Å²) in [5.41, 5.74) is 6.61. The largest absolute Gasteiger partial charge is 0.357 e. The lowest BCUT2D eigenvalue weighted by atomic mass is 9.86. The molecule has 2 aromatic rings. The Morgan fingerprint density at radius 2 is 1.64 bits per heavy atom. The molecule has 1 aliphatic rings. The Hall–Kier alpha value is -1.71. The van der Waals surface area contributed by atoms with Crippen LogP contribution < -0.4 is 10.6 Å². The summed E-state index contributed by atoms with van der Waals surface area (Å²) >= 11 is 0. The first-order valence-corrected chi connectivity index (χ1v) is 8.75. The van der Waals surface area contributed by atoms with Crippen molar-refractivity contribution in [1.29, 1.82) is 0 Å². The summed E-state index contributed by atoms with van der Waals surface area (Å²) in [6, 6.07) is 11.6. The monoisotopic (exact) mass is 359 g/mol. The number of nitrogens with one attached hydrogen (secondary N) is 2. The van der Waals surface area contributed by atoms with Crippen molar-refractivity contribution < 1.29 is 0 Å². The molecule has 3 nitrogen and oxygen atoms in total. The third-order valence-electron chi connectivity index (χ3n) is 4.80. The van der Waals surface area contributed by atoms with E-state index in [1.807, 2.05) is 0 Å². The second-order valence-electron chi connectivity index (χ2n) is 7.90. The minimum atomic E-state index is 0. The fourth-order valence-electron chi connectivity index (χ4n) is 3.39. The topological polar surface area (TPSA) is 29.0 Å². The maximum atomic E-state index is 3.57. The minimum absolute atomic E-state index is 0.